The molecule has 0 aliphatic carbocycles. The van der Waals surface area contributed by atoms with Crippen LogP contribution in [0.2, 0.25) is 0 Å². The second-order valence-electron chi connectivity index (χ2n) is 4.09. The van der Waals surface area contributed by atoms with Crippen LogP contribution >= 0.6 is 0 Å². The van der Waals surface area contributed by atoms with Crippen LogP contribution < -0.4 is 4.72 Å². The third-order valence-electron chi connectivity index (χ3n) is 2.20. The van der Waals surface area contributed by atoms with Gasteiger partial charge < -0.3 is 20.3 Å². The maximum Gasteiger partial charge on any atom is 0.363 e. The maximum absolute atomic E-state index is 11.8. The molecule has 1 rings (SSSR count). The average molecular weight is 291 g/mol. The van der Waals surface area contributed by atoms with Crippen LogP contribution in [0, 0.1) is 10.1 Å². The van der Waals surface area contributed by atoms with Crippen molar-refractivity contribution in [1.82, 2.24) is 9.71 Å². The standard InChI is InChI=1S/C9H13N3O6S/c1-9(14,6-13)5-11-19(17,18)7-2-3-8(10-4-7)12(15)16/h2-4,11,13-14H,5-6H2,1H3. The van der Waals surface area contributed by atoms with Gasteiger partial charge in [0, 0.05) is 12.6 Å². The van der Waals surface area contributed by atoms with Gasteiger partial charge in [0.05, 0.1) is 12.2 Å². The summed E-state index contributed by atoms with van der Waals surface area (Å²) in [5.74, 6) is -0.471. The monoisotopic (exact) mass is 291 g/mol. The average Bonchev–Trinajstić information content (AvgIpc) is 2.37. The summed E-state index contributed by atoms with van der Waals surface area (Å²) in [6, 6.07) is 1.99. The quantitative estimate of drug-likeness (QED) is 0.451. The van der Waals surface area contributed by atoms with Gasteiger partial charge in [0.1, 0.15) is 4.90 Å². The lowest BCUT2D eigenvalue weighted by Gasteiger charge is -2.20. The summed E-state index contributed by atoms with van der Waals surface area (Å²) in [5, 5.41) is 28.6. The van der Waals surface area contributed by atoms with Gasteiger partial charge in [0.15, 0.2) is 6.20 Å². The number of hydrogen-bond donors (Lipinski definition) is 3. The Balaban J connectivity index is 2.86. The van der Waals surface area contributed by atoms with Crippen LogP contribution in [0.1, 0.15) is 6.92 Å². The van der Waals surface area contributed by atoms with Crippen LogP contribution in [0.25, 0.3) is 0 Å². The number of nitrogens with one attached hydrogen (secondary N) is 1. The Morgan fingerprint density at radius 3 is 2.58 bits per heavy atom. The molecule has 1 unspecified atom stereocenters. The van der Waals surface area contributed by atoms with Gasteiger partial charge in [-0.2, -0.15) is 0 Å². The van der Waals surface area contributed by atoms with E-state index in [9.17, 15) is 23.6 Å². The molecule has 0 aliphatic rings. The molecule has 0 radical (unpaired) electrons. The van der Waals surface area contributed by atoms with Gasteiger partial charge >= 0.3 is 5.82 Å². The van der Waals surface area contributed by atoms with Gasteiger partial charge in [-0.1, -0.05) is 0 Å². The highest BCUT2D eigenvalue weighted by atomic mass is 32.2. The maximum atomic E-state index is 11.8. The number of nitrogens with zero attached hydrogens (tertiary/aromatic N) is 2. The summed E-state index contributed by atoms with van der Waals surface area (Å²) in [7, 11) is -3.95. The van der Waals surface area contributed by atoms with Crippen molar-refractivity contribution in [3.8, 4) is 0 Å². The molecule has 10 heteroatoms. The van der Waals surface area contributed by atoms with Crippen molar-refractivity contribution in [2.24, 2.45) is 0 Å². The Labute approximate surface area is 109 Å². The highest BCUT2D eigenvalue weighted by Gasteiger charge is 2.24. The molecule has 0 saturated heterocycles. The van der Waals surface area contributed by atoms with Crippen LogP contribution in [0.15, 0.2) is 23.2 Å². The molecular weight excluding hydrogens is 278 g/mol. The van der Waals surface area contributed by atoms with E-state index in [0.29, 0.717) is 0 Å². The molecule has 3 N–H and O–H groups in total. The van der Waals surface area contributed by atoms with Gasteiger partial charge in [0.25, 0.3) is 0 Å². The fourth-order valence-corrected chi connectivity index (χ4v) is 2.14. The first kappa shape index (κ1) is 15.4. The first-order valence-electron chi connectivity index (χ1n) is 5.11. The highest BCUT2D eigenvalue weighted by molar-refractivity contribution is 7.89. The van der Waals surface area contributed by atoms with Gasteiger partial charge in [0.2, 0.25) is 10.0 Å². The molecule has 0 bridgehead atoms. The lowest BCUT2D eigenvalue weighted by Crippen LogP contribution is -2.43. The number of aliphatic hydroxyl groups is 2. The van der Waals surface area contributed by atoms with Crippen molar-refractivity contribution in [2.45, 2.75) is 17.4 Å². The van der Waals surface area contributed by atoms with Gasteiger partial charge in [-0.05, 0) is 22.9 Å². The number of nitro groups is 1. The van der Waals surface area contributed by atoms with E-state index in [2.05, 4.69) is 9.71 Å². The molecule has 0 saturated carbocycles. The van der Waals surface area contributed by atoms with Crippen molar-refractivity contribution >= 4 is 15.8 Å². The number of pyridine rings is 1. The Bertz CT molecular complexity index is 554. The van der Waals surface area contributed by atoms with Crippen molar-refractivity contribution < 1.29 is 23.6 Å². The number of sulfonamides is 1. The van der Waals surface area contributed by atoms with Crippen LogP contribution in [0.4, 0.5) is 5.82 Å². The van der Waals surface area contributed by atoms with Crippen LogP contribution in [-0.4, -0.2) is 47.3 Å². The normalized spacial score (nSPS) is 14.9. The summed E-state index contributed by atoms with van der Waals surface area (Å²) in [5.41, 5.74) is -1.60. The van der Waals surface area contributed by atoms with Crippen LogP contribution in [-0.2, 0) is 10.0 Å². The lowest BCUT2D eigenvalue weighted by molar-refractivity contribution is -0.389. The molecule has 1 aromatic rings. The zero-order chi connectivity index (χ0) is 14.7. The van der Waals surface area contributed by atoms with E-state index >= 15 is 0 Å². The number of aromatic nitrogens is 1. The minimum Gasteiger partial charge on any atom is -0.393 e. The molecule has 0 aromatic carbocycles. The SMILES string of the molecule is CC(O)(CO)CNS(=O)(=O)c1ccc([N+](=O)[O-])nc1. The van der Waals surface area contributed by atoms with E-state index in [1.807, 2.05) is 0 Å². The first-order valence-corrected chi connectivity index (χ1v) is 6.60. The Morgan fingerprint density at radius 1 is 1.53 bits per heavy atom. The van der Waals surface area contributed by atoms with E-state index in [-0.39, 0.29) is 4.90 Å². The minimum absolute atomic E-state index is 0.271. The zero-order valence-corrected chi connectivity index (χ0v) is 10.8. The van der Waals surface area contributed by atoms with E-state index < -0.39 is 39.5 Å². The third-order valence-corrected chi connectivity index (χ3v) is 3.59. The van der Waals surface area contributed by atoms with E-state index in [1.54, 1.807) is 0 Å². The topological polar surface area (TPSA) is 143 Å². The van der Waals surface area contributed by atoms with Gasteiger partial charge in [-0.3, -0.25) is 0 Å². The second-order valence-corrected chi connectivity index (χ2v) is 5.86. The summed E-state index contributed by atoms with van der Waals surface area (Å²) < 4.78 is 25.6. The Kier molecular flexibility index (Phi) is 4.52. The summed E-state index contributed by atoms with van der Waals surface area (Å²) in [6.07, 6.45) is 0.841. The van der Waals surface area contributed by atoms with E-state index in [4.69, 9.17) is 5.11 Å². The van der Waals surface area contributed by atoms with E-state index in [0.717, 1.165) is 18.3 Å². The molecule has 0 amide bonds. The molecular formula is C9H13N3O6S. The first-order chi connectivity index (χ1) is 8.68. The van der Waals surface area contributed by atoms with Crippen molar-refractivity contribution in [3.63, 3.8) is 0 Å². The van der Waals surface area contributed by atoms with E-state index in [1.165, 1.54) is 6.92 Å². The smallest absolute Gasteiger partial charge is 0.363 e. The molecule has 1 aromatic heterocycles. The second kappa shape index (κ2) is 5.57. The predicted molar refractivity (Wildman–Crippen MR) is 63.8 cm³/mol. The largest absolute Gasteiger partial charge is 0.393 e. The fourth-order valence-electron chi connectivity index (χ4n) is 1.03. The van der Waals surface area contributed by atoms with Crippen LogP contribution in [0.3, 0.4) is 0 Å². The van der Waals surface area contributed by atoms with Crippen LogP contribution in [0.5, 0.6) is 0 Å². The fraction of sp³-hybridized carbons (Fsp3) is 0.444. The predicted octanol–water partition coefficient (Wildman–Crippen LogP) is -0.989. The number of rotatable bonds is 6. The molecule has 1 heterocycles. The molecule has 0 fully saturated rings. The summed E-state index contributed by atoms with van der Waals surface area (Å²) in [6.45, 7) is 0.237. The molecule has 0 spiro atoms. The molecule has 1 atom stereocenters. The number of aliphatic hydroxyl groups excluding tert-OH is 1. The molecule has 19 heavy (non-hydrogen) atoms. The summed E-state index contributed by atoms with van der Waals surface area (Å²) >= 11 is 0. The summed E-state index contributed by atoms with van der Waals surface area (Å²) in [4.78, 5) is 12.7. The van der Waals surface area contributed by atoms with Crippen molar-refractivity contribution in [3.05, 3.63) is 28.4 Å². The zero-order valence-electron chi connectivity index (χ0n) is 9.98. The van der Waals surface area contributed by atoms with Crippen molar-refractivity contribution in [2.75, 3.05) is 13.2 Å². The minimum atomic E-state index is -3.95. The molecule has 0 aliphatic heterocycles. The number of hydrogen-bond acceptors (Lipinski definition) is 7. The Morgan fingerprint density at radius 2 is 2.16 bits per heavy atom. The molecule has 106 valence electrons. The molecule has 9 nitrogen and oxygen atoms in total. The lowest BCUT2D eigenvalue weighted by atomic mass is 10.1. The highest BCUT2D eigenvalue weighted by Crippen LogP contribution is 2.12. The van der Waals surface area contributed by atoms with Gasteiger partial charge in [-0.25, -0.2) is 13.1 Å². The third kappa shape index (κ3) is 4.21. The Hall–Kier alpha value is -1.62. The van der Waals surface area contributed by atoms with Crippen molar-refractivity contribution in [1.29, 1.82) is 0 Å². The van der Waals surface area contributed by atoms with Gasteiger partial charge in [-0.15, -0.1) is 0 Å².